The number of rotatable bonds is 6. The second-order valence-electron chi connectivity index (χ2n) is 6.08. The van der Waals surface area contributed by atoms with E-state index in [4.69, 9.17) is 21.3 Å². The highest BCUT2D eigenvalue weighted by Crippen LogP contribution is 2.43. The molecule has 124 valence electrons. The maximum atomic E-state index is 14.1. The summed E-state index contributed by atoms with van der Waals surface area (Å²) in [6, 6.07) is 3.40. The van der Waals surface area contributed by atoms with Gasteiger partial charge in [-0.1, -0.05) is 25.4 Å². The third-order valence-corrected chi connectivity index (χ3v) is 4.90. The Morgan fingerprint density at radius 3 is 2.70 bits per heavy atom. The minimum Gasteiger partial charge on any atom is -0.494 e. The van der Waals surface area contributed by atoms with Gasteiger partial charge in [-0.25, -0.2) is 9.37 Å². The number of methoxy groups -OCH3 is 1. The van der Waals surface area contributed by atoms with E-state index in [1.165, 1.54) is 32.1 Å². The smallest absolute Gasteiger partial charge is 0.165 e. The molecule has 0 amide bonds. The van der Waals surface area contributed by atoms with Crippen LogP contribution in [-0.4, -0.2) is 16.7 Å². The molecule has 0 spiro atoms. The summed E-state index contributed by atoms with van der Waals surface area (Å²) in [5, 5.41) is 0.454. The van der Waals surface area contributed by atoms with E-state index in [9.17, 15) is 4.39 Å². The van der Waals surface area contributed by atoms with E-state index in [0.29, 0.717) is 16.6 Å². The molecule has 1 saturated carbocycles. The van der Waals surface area contributed by atoms with E-state index >= 15 is 0 Å². The topological polar surface area (TPSA) is 27.1 Å². The molecule has 23 heavy (non-hydrogen) atoms. The Balaban J connectivity index is 2.04. The van der Waals surface area contributed by atoms with Crippen molar-refractivity contribution in [1.82, 2.24) is 9.55 Å². The second-order valence-corrected chi connectivity index (χ2v) is 6.49. The number of ether oxygens (including phenoxy) is 1. The first-order chi connectivity index (χ1) is 11.1. The molecule has 1 unspecified atom stereocenters. The SMILES string of the molecule is CCc1nc(-c2cc(F)c(OC)cc2Cl)cn1C(CC)C1CC1. The molecule has 3 nitrogen and oxygen atoms in total. The highest BCUT2D eigenvalue weighted by molar-refractivity contribution is 6.33. The van der Waals surface area contributed by atoms with Gasteiger partial charge in [0.15, 0.2) is 11.6 Å². The Morgan fingerprint density at radius 2 is 2.13 bits per heavy atom. The van der Waals surface area contributed by atoms with Crippen molar-refractivity contribution in [1.29, 1.82) is 0 Å². The largest absolute Gasteiger partial charge is 0.494 e. The summed E-state index contributed by atoms with van der Waals surface area (Å²) in [4.78, 5) is 4.71. The normalized spacial score (nSPS) is 15.7. The molecule has 5 heteroatoms. The van der Waals surface area contributed by atoms with Crippen LogP contribution in [0.4, 0.5) is 4.39 Å². The van der Waals surface area contributed by atoms with Crippen LogP contribution in [0.15, 0.2) is 18.3 Å². The highest BCUT2D eigenvalue weighted by atomic mass is 35.5. The minimum absolute atomic E-state index is 0.151. The molecule has 0 aliphatic heterocycles. The van der Waals surface area contributed by atoms with Gasteiger partial charge in [0.2, 0.25) is 0 Å². The van der Waals surface area contributed by atoms with Gasteiger partial charge in [-0.05, 0) is 31.2 Å². The van der Waals surface area contributed by atoms with E-state index < -0.39 is 5.82 Å². The zero-order chi connectivity index (χ0) is 16.6. The van der Waals surface area contributed by atoms with Crippen molar-refractivity contribution >= 4 is 11.6 Å². The van der Waals surface area contributed by atoms with Crippen LogP contribution in [0.25, 0.3) is 11.3 Å². The summed E-state index contributed by atoms with van der Waals surface area (Å²) in [6.07, 6.45) is 6.52. The summed E-state index contributed by atoms with van der Waals surface area (Å²) in [5.41, 5.74) is 1.34. The fourth-order valence-corrected chi connectivity index (χ4v) is 3.48. The van der Waals surface area contributed by atoms with Crippen molar-refractivity contribution in [3.8, 4) is 17.0 Å². The lowest BCUT2D eigenvalue weighted by Crippen LogP contribution is -2.12. The fraction of sp³-hybridized carbons (Fsp3) is 0.500. The number of imidazole rings is 1. The van der Waals surface area contributed by atoms with Crippen molar-refractivity contribution < 1.29 is 9.13 Å². The third kappa shape index (κ3) is 3.09. The average Bonchev–Trinajstić information content (AvgIpc) is 3.29. The van der Waals surface area contributed by atoms with Crippen molar-refractivity contribution in [2.75, 3.05) is 7.11 Å². The van der Waals surface area contributed by atoms with Crippen LogP contribution in [0.5, 0.6) is 5.75 Å². The first-order valence-electron chi connectivity index (χ1n) is 8.20. The zero-order valence-corrected chi connectivity index (χ0v) is 14.5. The lowest BCUT2D eigenvalue weighted by molar-refractivity contribution is 0.386. The molecule has 1 atom stereocenters. The van der Waals surface area contributed by atoms with Gasteiger partial charge in [-0.2, -0.15) is 0 Å². The van der Waals surface area contributed by atoms with Crippen molar-refractivity contribution in [3.05, 3.63) is 35.0 Å². The molecular weight excluding hydrogens is 315 g/mol. The quantitative estimate of drug-likeness (QED) is 0.718. The van der Waals surface area contributed by atoms with Crippen LogP contribution in [-0.2, 0) is 6.42 Å². The maximum absolute atomic E-state index is 14.1. The van der Waals surface area contributed by atoms with Gasteiger partial charge in [0, 0.05) is 30.3 Å². The molecule has 0 N–H and O–H groups in total. The molecular formula is C18H22ClFN2O. The van der Waals surface area contributed by atoms with Crippen molar-refractivity contribution in [2.24, 2.45) is 5.92 Å². The predicted molar refractivity (Wildman–Crippen MR) is 90.6 cm³/mol. The van der Waals surface area contributed by atoms with Crippen molar-refractivity contribution in [2.45, 2.75) is 45.6 Å². The first kappa shape index (κ1) is 16.3. The number of hydrogen-bond acceptors (Lipinski definition) is 2. The van der Waals surface area contributed by atoms with Gasteiger partial charge >= 0.3 is 0 Å². The molecule has 0 radical (unpaired) electrons. The maximum Gasteiger partial charge on any atom is 0.165 e. The number of hydrogen-bond donors (Lipinski definition) is 0. The number of benzene rings is 1. The summed E-state index contributed by atoms with van der Waals surface area (Å²) >= 11 is 6.31. The molecule has 1 heterocycles. The van der Waals surface area contributed by atoms with E-state index in [1.54, 1.807) is 0 Å². The molecule has 0 bridgehead atoms. The molecule has 1 aliphatic rings. The van der Waals surface area contributed by atoms with E-state index in [1.807, 2.05) is 6.20 Å². The van der Waals surface area contributed by atoms with E-state index in [-0.39, 0.29) is 5.75 Å². The van der Waals surface area contributed by atoms with Crippen LogP contribution in [0, 0.1) is 11.7 Å². The average molecular weight is 337 g/mol. The fourth-order valence-electron chi connectivity index (χ4n) is 3.23. The number of nitrogens with zero attached hydrogens (tertiary/aromatic N) is 2. The third-order valence-electron chi connectivity index (χ3n) is 4.58. The van der Waals surface area contributed by atoms with Crippen molar-refractivity contribution in [3.63, 3.8) is 0 Å². The minimum atomic E-state index is -0.422. The molecule has 1 aromatic carbocycles. The van der Waals surface area contributed by atoms with Crippen LogP contribution >= 0.6 is 11.6 Å². The Morgan fingerprint density at radius 1 is 1.39 bits per heavy atom. The number of aromatic nitrogens is 2. The first-order valence-corrected chi connectivity index (χ1v) is 8.57. The lowest BCUT2D eigenvalue weighted by atomic mass is 10.1. The Kier molecular flexibility index (Phi) is 4.62. The molecule has 3 rings (SSSR count). The molecule has 0 saturated heterocycles. The number of aryl methyl sites for hydroxylation is 1. The summed E-state index contributed by atoms with van der Waals surface area (Å²) < 4.78 is 21.3. The Bertz CT molecular complexity index is 709. The molecule has 1 fully saturated rings. The van der Waals surface area contributed by atoms with Gasteiger partial charge in [0.25, 0.3) is 0 Å². The van der Waals surface area contributed by atoms with Gasteiger partial charge in [-0.3, -0.25) is 0 Å². The number of halogens is 2. The standard InChI is InChI=1S/C18H22ClFN2O/c1-4-16(11-6-7-11)22-10-15(21-18(22)5-2)12-8-14(20)17(23-3)9-13(12)19/h8-11,16H,4-7H2,1-3H3. The summed E-state index contributed by atoms with van der Waals surface area (Å²) in [7, 11) is 1.43. The van der Waals surface area contributed by atoms with Crippen LogP contribution in [0.2, 0.25) is 5.02 Å². The second kappa shape index (κ2) is 6.52. The predicted octanol–water partition coefficient (Wildman–Crippen LogP) is 5.27. The Hall–Kier alpha value is -1.55. The van der Waals surface area contributed by atoms with E-state index in [0.717, 1.165) is 30.3 Å². The highest BCUT2D eigenvalue weighted by Gasteiger charge is 2.32. The van der Waals surface area contributed by atoms with Gasteiger partial charge in [0.1, 0.15) is 5.82 Å². The zero-order valence-electron chi connectivity index (χ0n) is 13.8. The summed E-state index contributed by atoms with van der Waals surface area (Å²) in [5.74, 6) is 1.51. The summed E-state index contributed by atoms with van der Waals surface area (Å²) in [6.45, 7) is 4.31. The lowest BCUT2D eigenvalue weighted by Gasteiger charge is -2.18. The molecule has 1 aromatic heterocycles. The van der Waals surface area contributed by atoms with Gasteiger partial charge in [-0.15, -0.1) is 0 Å². The Labute approximate surface area is 141 Å². The molecule has 1 aliphatic carbocycles. The van der Waals surface area contributed by atoms with Gasteiger partial charge in [0.05, 0.1) is 17.8 Å². The van der Waals surface area contributed by atoms with E-state index in [2.05, 4.69) is 18.4 Å². The van der Waals surface area contributed by atoms with Crippen LogP contribution < -0.4 is 4.74 Å². The van der Waals surface area contributed by atoms with Crippen LogP contribution in [0.1, 0.15) is 45.0 Å². The van der Waals surface area contributed by atoms with Crippen LogP contribution in [0.3, 0.4) is 0 Å². The van der Waals surface area contributed by atoms with Gasteiger partial charge < -0.3 is 9.30 Å². The monoisotopic (exact) mass is 336 g/mol. The molecule has 2 aromatic rings.